The zero-order chi connectivity index (χ0) is 15.9. The topological polar surface area (TPSA) is 0 Å². The summed E-state index contributed by atoms with van der Waals surface area (Å²) in [6.45, 7) is 2.15. The first-order chi connectivity index (χ1) is 10.5. The van der Waals surface area contributed by atoms with Gasteiger partial charge in [0, 0.05) is 0 Å². The van der Waals surface area contributed by atoms with Crippen LogP contribution >= 0.6 is 40.2 Å². The molecule has 0 fully saturated rings. The minimum absolute atomic E-state index is 0.239. The van der Waals surface area contributed by atoms with E-state index in [1.54, 1.807) is 6.07 Å². The second-order valence-electron chi connectivity index (χ2n) is 5.21. The number of fused-ring (bicyclic) bond motifs is 1. The van der Waals surface area contributed by atoms with Gasteiger partial charge in [-0.05, 0) is 0 Å². The molecule has 1 aliphatic rings. The third-order valence-electron chi connectivity index (χ3n) is 4.02. The number of allylic oxidation sites excluding steroid dienone is 1. The van der Waals surface area contributed by atoms with Crippen molar-refractivity contribution in [3.8, 4) is 11.1 Å². The summed E-state index contributed by atoms with van der Waals surface area (Å²) in [7, 11) is 12.8. The SMILES string of the molecule is CCC1=Cc2c(-c3cccc(Cl)c3Cl)cccc2[CH]1[Zr]([Cl])[Cl]. The minimum atomic E-state index is -2.44. The van der Waals surface area contributed by atoms with Gasteiger partial charge in [-0.15, -0.1) is 0 Å². The second kappa shape index (κ2) is 7.00. The van der Waals surface area contributed by atoms with Gasteiger partial charge in [-0.2, -0.15) is 0 Å². The van der Waals surface area contributed by atoms with Gasteiger partial charge in [0.1, 0.15) is 0 Å². The maximum atomic E-state index is 6.41. The number of hydrogen-bond acceptors (Lipinski definition) is 0. The molecule has 2 aromatic rings. The van der Waals surface area contributed by atoms with Gasteiger partial charge in [-0.25, -0.2) is 0 Å². The van der Waals surface area contributed by atoms with Gasteiger partial charge in [0.25, 0.3) is 0 Å². The third-order valence-corrected chi connectivity index (χ3v) is 10.2. The van der Waals surface area contributed by atoms with E-state index < -0.39 is 19.4 Å². The van der Waals surface area contributed by atoms with Crippen molar-refractivity contribution in [3.63, 3.8) is 0 Å². The summed E-state index contributed by atoms with van der Waals surface area (Å²) in [4.78, 5) is 0. The molecule has 0 radical (unpaired) electrons. The van der Waals surface area contributed by atoms with Crippen LogP contribution < -0.4 is 0 Å². The van der Waals surface area contributed by atoms with Crippen molar-refractivity contribution in [1.82, 2.24) is 0 Å². The quantitative estimate of drug-likeness (QED) is 0.456. The monoisotopic (exact) mass is 447 g/mol. The molecule has 1 aliphatic carbocycles. The molecule has 5 heteroatoms. The molecule has 1 unspecified atom stereocenters. The summed E-state index contributed by atoms with van der Waals surface area (Å²) in [5, 5.41) is 1.15. The van der Waals surface area contributed by atoms with Crippen molar-refractivity contribution in [2.45, 2.75) is 17.0 Å². The van der Waals surface area contributed by atoms with Gasteiger partial charge < -0.3 is 0 Å². The van der Waals surface area contributed by atoms with Gasteiger partial charge >= 0.3 is 157 Å². The fourth-order valence-electron chi connectivity index (χ4n) is 2.97. The zero-order valence-electron chi connectivity index (χ0n) is 11.8. The summed E-state index contributed by atoms with van der Waals surface area (Å²) in [6.07, 6.45) is 3.20. The summed E-state index contributed by atoms with van der Waals surface area (Å²) in [6, 6.07) is 12.0. The Morgan fingerprint density at radius 3 is 2.36 bits per heavy atom. The van der Waals surface area contributed by atoms with Gasteiger partial charge in [0.2, 0.25) is 0 Å². The van der Waals surface area contributed by atoms with Gasteiger partial charge in [0.15, 0.2) is 0 Å². The van der Waals surface area contributed by atoms with Crippen molar-refractivity contribution in [1.29, 1.82) is 0 Å². The van der Waals surface area contributed by atoms with Crippen molar-refractivity contribution in [2.24, 2.45) is 0 Å². The number of hydrogen-bond donors (Lipinski definition) is 0. The Morgan fingerprint density at radius 1 is 1.00 bits per heavy atom. The predicted molar refractivity (Wildman–Crippen MR) is 94.6 cm³/mol. The Morgan fingerprint density at radius 2 is 1.68 bits per heavy atom. The molecule has 2 aromatic carbocycles. The number of halogens is 4. The van der Waals surface area contributed by atoms with Crippen LogP contribution in [0, 0.1) is 0 Å². The fraction of sp³-hybridized carbons (Fsp3) is 0.176. The van der Waals surface area contributed by atoms with E-state index in [1.807, 2.05) is 18.2 Å². The van der Waals surface area contributed by atoms with Crippen LogP contribution in [0.15, 0.2) is 42.0 Å². The van der Waals surface area contributed by atoms with E-state index in [1.165, 1.54) is 16.7 Å². The van der Waals surface area contributed by atoms with Crippen molar-refractivity contribution in [2.75, 3.05) is 0 Å². The van der Waals surface area contributed by atoms with Crippen LogP contribution in [0.25, 0.3) is 17.2 Å². The molecular formula is C17H13Cl4Zr. The Balaban J connectivity index is 2.22. The van der Waals surface area contributed by atoms with E-state index >= 15 is 0 Å². The molecule has 3 rings (SSSR count). The van der Waals surface area contributed by atoms with Gasteiger partial charge in [0.05, 0.1) is 0 Å². The summed E-state index contributed by atoms with van der Waals surface area (Å²) < 4.78 is 0.239. The van der Waals surface area contributed by atoms with Crippen LogP contribution in [-0.4, -0.2) is 0 Å². The van der Waals surface area contributed by atoms with Gasteiger partial charge in [-0.1, -0.05) is 0 Å². The fourth-order valence-corrected chi connectivity index (χ4v) is 9.02. The average Bonchev–Trinajstić information content (AvgIpc) is 2.88. The van der Waals surface area contributed by atoms with E-state index in [0.717, 1.165) is 17.5 Å². The molecule has 0 aromatic heterocycles. The zero-order valence-corrected chi connectivity index (χ0v) is 17.3. The molecule has 0 spiro atoms. The molecule has 0 saturated carbocycles. The van der Waals surface area contributed by atoms with Crippen LogP contribution in [0.4, 0.5) is 0 Å². The Labute approximate surface area is 155 Å². The van der Waals surface area contributed by atoms with E-state index in [0.29, 0.717) is 10.0 Å². The van der Waals surface area contributed by atoms with E-state index in [-0.39, 0.29) is 3.63 Å². The first kappa shape index (κ1) is 17.1. The maximum absolute atomic E-state index is 6.41. The standard InChI is InChI=1S/C17H13Cl2.2ClH.Zr/c1-2-11-9-12-5-3-6-13(15(12)10-11)14-7-4-8-16(18)17(14)19;;;/h3-10H,2H2,1H3;2*1H;/q;;;+2/p-2. The molecule has 113 valence electrons. The van der Waals surface area contributed by atoms with Crippen LogP contribution in [-0.2, 0) is 19.4 Å². The molecule has 0 aliphatic heterocycles. The summed E-state index contributed by atoms with van der Waals surface area (Å²) >= 11 is 10.1. The molecule has 0 bridgehead atoms. The van der Waals surface area contributed by atoms with E-state index in [2.05, 4.69) is 25.1 Å². The van der Waals surface area contributed by atoms with Crippen molar-refractivity contribution < 1.29 is 19.4 Å². The Bertz CT molecular complexity index is 752. The molecule has 0 saturated heterocycles. The first-order valence-electron chi connectivity index (χ1n) is 7.00. The van der Waals surface area contributed by atoms with Crippen LogP contribution in [0.2, 0.25) is 10.0 Å². The first-order valence-corrected chi connectivity index (χ1v) is 15.5. The normalized spacial score (nSPS) is 16.4. The molecule has 0 nitrogen and oxygen atoms in total. The summed E-state index contributed by atoms with van der Waals surface area (Å²) in [5.41, 5.74) is 5.81. The summed E-state index contributed by atoms with van der Waals surface area (Å²) in [5.74, 6) is 0. The van der Waals surface area contributed by atoms with Crippen LogP contribution in [0.3, 0.4) is 0 Å². The third kappa shape index (κ3) is 2.96. The molecule has 0 amide bonds. The average molecular weight is 450 g/mol. The van der Waals surface area contributed by atoms with Crippen molar-refractivity contribution >= 4 is 46.3 Å². The second-order valence-corrected chi connectivity index (χ2v) is 14.8. The molecule has 0 heterocycles. The van der Waals surface area contributed by atoms with E-state index in [9.17, 15) is 0 Å². The van der Waals surface area contributed by atoms with E-state index in [4.69, 9.17) is 40.2 Å². The van der Waals surface area contributed by atoms with Crippen LogP contribution in [0.5, 0.6) is 0 Å². The van der Waals surface area contributed by atoms with Gasteiger partial charge in [-0.3, -0.25) is 0 Å². The molecule has 0 N–H and O–H groups in total. The Kier molecular flexibility index (Phi) is 5.42. The predicted octanol–water partition coefficient (Wildman–Crippen LogP) is 7.43. The molecule has 22 heavy (non-hydrogen) atoms. The number of benzene rings is 2. The number of rotatable bonds is 3. The Hall–Kier alpha value is 0.223. The molecular weight excluding hydrogens is 437 g/mol. The molecule has 1 atom stereocenters. The van der Waals surface area contributed by atoms with Crippen LogP contribution in [0.1, 0.15) is 28.1 Å². The van der Waals surface area contributed by atoms with Crippen molar-refractivity contribution in [3.05, 3.63) is 63.1 Å².